The summed E-state index contributed by atoms with van der Waals surface area (Å²) in [5, 5.41) is 9.03. The van der Waals surface area contributed by atoms with Gasteiger partial charge in [-0.25, -0.2) is 0 Å². The van der Waals surface area contributed by atoms with Gasteiger partial charge in [0.1, 0.15) is 6.10 Å². The third-order valence-electron chi connectivity index (χ3n) is 2.67. The quantitative estimate of drug-likeness (QED) is 0.797. The molecule has 1 N–H and O–H groups in total. The molecule has 1 aromatic rings. The zero-order chi connectivity index (χ0) is 17.6. The van der Waals surface area contributed by atoms with Crippen molar-refractivity contribution in [3.63, 3.8) is 0 Å². The summed E-state index contributed by atoms with van der Waals surface area (Å²) in [7, 11) is 0. The van der Waals surface area contributed by atoms with Crippen molar-refractivity contribution in [1.82, 2.24) is 0 Å². The van der Waals surface area contributed by atoms with Crippen LogP contribution in [0.25, 0.3) is 0 Å². The Morgan fingerprint density at radius 3 is 1.45 bits per heavy atom. The molecular weight excluding hydrogens is 338 g/mol. The van der Waals surface area contributed by atoms with Crippen molar-refractivity contribution in [1.29, 1.82) is 0 Å². The van der Waals surface area contributed by atoms with Crippen molar-refractivity contribution in [2.24, 2.45) is 0 Å². The first-order chi connectivity index (χ1) is 9.62. The fraction of sp³-hybridized carbons (Fsp3) is 0.455. The minimum Gasteiger partial charge on any atom is -0.382 e. The number of alkyl halides is 10. The number of halogens is 10. The molecule has 0 amide bonds. The first-order valence-electron chi connectivity index (χ1n) is 5.30. The highest BCUT2D eigenvalue weighted by Crippen LogP contribution is 2.51. The molecule has 0 aliphatic rings. The van der Waals surface area contributed by atoms with Crippen molar-refractivity contribution >= 4 is 0 Å². The van der Waals surface area contributed by atoms with Gasteiger partial charge in [-0.3, -0.25) is 0 Å². The Kier molecular flexibility index (Phi) is 4.45. The average Bonchev–Trinajstić information content (AvgIpc) is 2.35. The van der Waals surface area contributed by atoms with Crippen molar-refractivity contribution < 1.29 is 49.0 Å². The summed E-state index contributed by atoms with van der Waals surface area (Å²) in [5.74, 6) is -12.5. The Balaban J connectivity index is 3.17. The summed E-state index contributed by atoms with van der Waals surface area (Å²) in [5.41, 5.74) is -2.57. The molecule has 0 aliphatic heterocycles. The summed E-state index contributed by atoms with van der Waals surface area (Å²) in [6, 6.07) is 0.711. The van der Waals surface area contributed by atoms with E-state index >= 15 is 0 Å². The van der Waals surface area contributed by atoms with Crippen molar-refractivity contribution in [2.45, 2.75) is 30.3 Å². The lowest BCUT2D eigenvalue weighted by molar-refractivity contribution is -0.372. The van der Waals surface area contributed by atoms with E-state index in [2.05, 4.69) is 0 Å². The highest BCUT2D eigenvalue weighted by atomic mass is 19.4. The van der Waals surface area contributed by atoms with Gasteiger partial charge in [0.15, 0.2) is 0 Å². The molecule has 0 heterocycles. The second-order valence-corrected chi connectivity index (χ2v) is 4.22. The fourth-order valence-electron chi connectivity index (χ4n) is 1.42. The second kappa shape index (κ2) is 5.28. The molecule has 0 radical (unpaired) electrons. The summed E-state index contributed by atoms with van der Waals surface area (Å²) in [6.45, 7) is 0. The van der Waals surface area contributed by atoms with E-state index in [-0.39, 0.29) is 24.3 Å². The van der Waals surface area contributed by atoms with Gasteiger partial charge in [0, 0.05) is 0 Å². The maximum Gasteiger partial charge on any atom is 0.459 e. The topological polar surface area (TPSA) is 20.2 Å². The van der Waals surface area contributed by atoms with Gasteiger partial charge < -0.3 is 5.11 Å². The van der Waals surface area contributed by atoms with E-state index in [4.69, 9.17) is 5.11 Å². The van der Waals surface area contributed by atoms with E-state index < -0.39 is 41.4 Å². The third kappa shape index (κ3) is 3.13. The number of aliphatic hydroxyl groups is 1. The lowest BCUT2D eigenvalue weighted by Crippen LogP contribution is -2.54. The summed E-state index contributed by atoms with van der Waals surface area (Å²) < 4.78 is 124. The average molecular weight is 344 g/mol. The number of benzene rings is 1. The van der Waals surface area contributed by atoms with Gasteiger partial charge in [-0.15, -0.1) is 0 Å². The second-order valence-electron chi connectivity index (χ2n) is 4.22. The standard InChI is InChI=1S/C11H6F10O/c12-8(13,10(17,18)11(19,20)21)7(22)5-1-3-6(4-2-5)9(14,15)16/h1-4,7,22H. The van der Waals surface area contributed by atoms with Crippen LogP contribution in [-0.2, 0) is 6.18 Å². The van der Waals surface area contributed by atoms with Crippen molar-refractivity contribution in [2.75, 3.05) is 0 Å². The van der Waals surface area contributed by atoms with Crippen LogP contribution in [0.15, 0.2) is 24.3 Å². The third-order valence-corrected chi connectivity index (χ3v) is 2.67. The molecule has 0 aromatic heterocycles. The van der Waals surface area contributed by atoms with Gasteiger partial charge in [0.2, 0.25) is 0 Å². The molecule has 126 valence electrons. The first-order valence-corrected chi connectivity index (χ1v) is 5.30. The predicted octanol–water partition coefficient (Wildman–Crippen LogP) is 4.57. The first kappa shape index (κ1) is 18.5. The van der Waals surface area contributed by atoms with Gasteiger partial charge in [-0.05, 0) is 17.7 Å². The minimum atomic E-state index is -6.65. The summed E-state index contributed by atoms with van der Waals surface area (Å²) >= 11 is 0. The molecular formula is C11H6F10O. The smallest absolute Gasteiger partial charge is 0.382 e. The Bertz CT molecular complexity index is 513. The molecule has 1 aromatic carbocycles. The van der Waals surface area contributed by atoms with E-state index in [1.807, 2.05) is 0 Å². The molecule has 1 nitrogen and oxygen atoms in total. The zero-order valence-electron chi connectivity index (χ0n) is 10.1. The number of hydrogen-bond donors (Lipinski definition) is 1. The van der Waals surface area contributed by atoms with Crippen LogP contribution in [-0.4, -0.2) is 23.1 Å². The van der Waals surface area contributed by atoms with Crippen molar-refractivity contribution in [3.05, 3.63) is 35.4 Å². The monoisotopic (exact) mass is 344 g/mol. The van der Waals surface area contributed by atoms with Gasteiger partial charge >= 0.3 is 24.2 Å². The van der Waals surface area contributed by atoms with E-state index in [0.717, 1.165) is 0 Å². The Morgan fingerprint density at radius 1 is 0.727 bits per heavy atom. The SMILES string of the molecule is OC(c1ccc(C(F)(F)F)cc1)C(F)(F)C(F)(F)C(F)(F)F. The molecule has 11 heteroatoms. The zero-order valence-corrected chi connectivity index (χ0v) is 10.1. The van der Waals surface area contributed by atoms with E-state index in [1.165, 1.54) is 0 Å². The van der Waals surface area contributed by atoms with Crippen LogP contribution in [0.2, 0.25) is 0 Å². The van der Waals surface area contributed by atoms with E-state index in [9.17, 15) is 43.9 Å². The van der Waals surface area contributed by atoms with Crippen molar-refractivity contribution in [3.8, 4) is 0 Å². The van der Waals surface area contributed by atoms with E-state index in [1.54, 1.807) is 0 Å². The molecule has 1 atom stereocenters. The van der Waals surface area contributed by atoms with Crippen LogP contribution in [0, 0.1) is 0 Å². The Morgan fingerprint density at radius 2 is 1.14 bits per heavy atom. The predicted molar refractivity (Wildman–Crippen MR) is 52.4 cm³/mol. The summed E-state index contributed by atoms with van der Waals surface area (Å²) in [4.78, 5) is 0. The van der Waals surface area contributed by atoms with Crippen LogP contribution in [0.5, 0.6) is 0 Å². The molecule has 0 spiro atoms. The fourth-order valence-corrected chi connectivity index (χ4v) is 1.42. The van der Waals surface area contributed by atoms with Crippen LogP contribution in [0.1, 0.15) is 17.2 Å². The lowest BCUT2D eigenvalue weighted by Gasteiger charge is -2.31. The Labute approximate surface area is 116 Å². The molecule has 1 rings (SSSR count). The van der Waals surface area contributed by atoms with Crippen LogP contribution < -0.4 is 0 Å². The maximum absolute atomic E-state index is 13.2. The van der Waals surface area contributed by atoms with Gasteiger partial charge in [-0.1, -0.05) is 12.1 Å². The Hall–Kier alpha value is -1.52. The molecule has 0 saturated carbocycles. The van der Waals surface area contributed by atoms with Gasteiger partial charge in [0.05, 0.1) is 5.56 Å². The van der Waals surface area contributed by atoms with Crippen LogP contribution >= 0.6 is 0 Å². The normalized spacial score (nSPS) is 15.8. The number of rotatable bonds is 3. The number of hydrogen-bond acceptors (Lipinski definition) is 1. The molecule has 0 bridgehead atoms. The maximum atomic E-state index is 13.2. The van der Waals surface area contributed by atoms with Crippen LogP contribution in [0.4, 0.5) is 43.9 Å². The largest absolute Gasteiger partial charge is 0.459 e. The van der Waals surface area contributed by atoms with Gasteiger partial charge in [0.25, 0.3) is 0 Å². The molecule has 0 fully saturated rings. The lowest BCUT2D eigenvalue weighted by atomic mass is 9.97. The number of aliphatic hydroxyl groups excluding tert-OH is 1. The molecule has 0 saturated heterocycles. The minimum absolute atomic E-state index is 0.167. The van der Waals surface area contributed by atoms with Gasteiger partial charge in [-0.2, -0.15) is 43.9 Å². The highest BCUT2D eigenvalue weighted by Gasteiger charge is 2.75. The highest BCUT2D eigenvalue weighted by molar-refractivity contribution is 5.27. The van der Waals surface area contributed by atoms with Crippen LogP contribution in [0.3, 0.4) is 0 Å². The molecule has 0 aliphatic carbocycles. The molecule has 1 unspecified atom stereocenters. The van der Waals surface area contributed by atoms with E-state index in [0.29, 0.717) is 0 Å². The molecule has 22 heavy (non-hydrogen) atoms. The summed E-state index contributed by atoms with van der Waals surface area (Å²) in [6.07, 6.45) is -15.2.